The first-order valence-electron chi connectivity index (χ1n) is 4.85. The van der Waals surface area contributed by atoms with E-state index in [0.29, 0.717) is 5.92 Å². The first-order chi connectivity index (χ1) is 6.84. The number of hydrogen-bond donors (Lipinski definition) is 0. The van der Waals surface area contributed by atoms with Gasteiger partial charge in [-0.1, -0.05) is 6.42 Å². The molecule has 0 saturated heterocycles. The zero-order chi connectivity index (χ0) is 9.54. The minimum absolute atomic E-state index is 0.624. The van der Waals surface area contributed by atoms with E-state index in [-0.39, 0.29) is 0 Å². The van der Waals surface area contributed by atoms with Crippen LogP contribution in [0.2, 0.25) is 0 Å². The lowest BCUT2D eigenvalue weighted by Crippen LogP contribution is -2.12. The van der Waals surface area contributed by atoms with E-state index in [2.05, 4.69) is 30.5 Å². The van der Waals surface area contributed by atoms with Crippen LogP contribution in [0.15, 0.2) is 22.8 Å². The quantitative estimate of drug-likeness (QED) is 0.781. The molecule has 1 saturated carbocycles. The molecule has 0 atom stereocenters. The Kier molecular flexibility index (Phi) is 1.83. The van der Waals surface area contributed by atoms with Crippen molar-refractivity contribution in [1.82, 2.24) is 14.6 Å². The molecule has 0 amide bonds. The Hall–Kier alpha value is -0.900. The fraction of sp³-hybridized carbons (Fsp3) is 0.400. The van der Waals surface area contributed by atoms with Crippen molar-refractivity contribution in [3.8, 4) is 0 Å². The highest BCUT2D eigenvalue weighted by Crippen LogP contribution is 2.35. The van der Waals surface area contributed by atoms with Crippen molar-refractivity contribution < 1.29 is 0 Å². The van der Waals surface area contributed by atoms with Crippen molar-refractivity contribution in [3.05, 3.63) is 28.6 Å². The predicted molar refractivity (Wildman–Crippen MR) is 57.3 cm³/mol. The molecule has 2 heterocycles. The Morgan fingerprint density at radius 3 is 2.86 bits per heavy atom. The van der Waals surface area contributed by atoms with Gasteiger partial charge >= 0.3 is 0 Å². The molecule has 0 N–H and O–H groups in total. The smallest absolute Gasteiger partial charge is 0.160 e. The maximum Gasteiger partial charge on any atom is 0.160 e. The number of hydrogen-bond acceptors (Lipinski definition) is 2. The van der Waals surface area contributed by atoms with Crippen molar-refractivity contribution in [2.75, 3.05) is 0 Å². The third kappa shape index (κ3) is 1.17. The Morgan fingerprint density at radius 1 is 1.29 bits per heavy atom. The summed E-state index contributed by atoms with van der Waals surface area (Å²) in [7, 11) is 0. The van der Waals surface area contributed by atoms with Crippen LogP contribution in [-0.2, 0) is 0 Å². The van der Waals surface area contributed by atoms with E-state index in [0.717, 1.165) is 15.9 Å². The number of nitrogens with zero attached hydrogens (tertiary/aromatic N) is 3. The molecule has 14 heavy (non-hydrogen) atoms. The summed E-state index contributed by atoms with van der Waals surface area (Å²) >= 11 is 3.46. The van der Waals surface area contributed by atoms with Gasteiger partial charge in [-0.15, -0.1) is 10.2 Å². The van der Waals surface area contributed by atoms with E-state index in [1.807, 2.05) is 18.3 Å². The van der Waals surface area contributed by atoms with Crippen LogP contribution in [0.1, 0.15) is 31.0 Å². The van der Waals surface area contributed by atoms with Gasteiger partial charge in [-0.3, -0.25) is 4.40 Å². The first kappa shape index (κ1) is 8.41. The molecule has 0 aromatic carbocycles. The zero-order valence-electron chi connectivity index (χ0n) is 7.65. The summed E-state index contributed by atoms with van der Waals surface area (Å²) in [6.07, 6.45) is 5.89. The van der Waals surface area contributed by atoms with Crippen LogP contribution in [0, 0.1) is 0 Å². The van der Waals surface area contributed by atoms with Crippen LogP contribution in [0.5, 0.6) is 0 Å². The summed E-state index contributed by atoms with van der Waals surface area (Å²) < 4.78 is 3.17. The SMILES string of the molecule is Brc1ccc2nnc(C3CCC3)n2c1. The lowest BCUT2D eigenvalue weighted by Gasteiger charge is -2.23. The lowest BCUT2D eigenvalue weighted by atomic mass is 9.85. The Labute approximate surface area is 90.3 Å². The number of pyridine rings is 1. The molecule has 2 aromatic heterocycles. The van der Waals surface area contributed by atoms with Gasteiger partial charge in [-0.05, 0) is 40.9 Å². The van der Waals surface area contributed by atoms with Crippen molar-refractivity contribution >= 4 is 21.6 Å². The maximum absolute atomic E-state index is 4.25. The Bertz CT molecular complexity index is 473. The van der Waals surface area contributed by atoms with Crippen molar-refractivity contribution in [3.63, 3.8) is 0 Å². The molecule has 2 aromatic rings. The average molecular weight is 252 g/mol. The van der Waals surface area contributed by atoms with E-state index in [9.17, 15) is 0 Å². The van der Waals surface area contributed by atoms with E-state index < -0.39 is 0 Å². The van der Waals surface area contributed by atoms with Crippen LogP contribution in [0.3, 0.4) is 0 Å². The molecule has 1 aliphatic rings. The van der Waals surface area contributed by atoms with Crippen LogP contribution in [-0.4, -0.2) is 14.6 Å². The minimum Gasteiger partial charge on any atom is -0.285 e. The summed E-state index contributed by atoms with van der Waals surface area (Å²) in [5.74, 6) is 1.74. The third-order valence-corrected chi connectivity index (χ3v) is 3.33. The Morgan fingerprint density at radius 2 is 2.14 bits per heavy atom. The van der Waals surface area contributed by atoms with Gasteiger partial charge in [0, 0.05) is 16.6 Å². The van der Waals surface area contributed by atoms with Gasteiger partial charge in [0.1, 0.15) is 5.82 Å². The van der Waals surface area contributed by atoms with Crippen molar-refractivity contribution in [2.24, 2.45) is 0 Å². The molecular weight excluding hydrogens is 242 g/mol. The highest BCUT2D eigenvalue weighted by molar-refractivity contribution is 9.10. The molecule has 3 nitrogen and oxygen atoms in total. The molecule has 4 heteroatoms. The normalized spacial score (nSPS) is 17.2. The summed E-state index contributed by atoms with van der Waals surface area (Å²) in [6.45, 7) is 0. The summed E-state index contributed by atoms with van der Waals surface area (Å²) in [5, 5.41) is 8.41. The third-order valence-electron chi connectivity index (χ3n) is 2.86. The molecule has 0 spiro atoms. The second-order valence-corrected chi connectivity index (χ2v) is 4.68. The van der Waals surface area contributed by atoms with Crippen molar-refractivity contribution in [1.29, 1.82) is 0 Å². The van der Waals surface area contributed by atoms with Gasteiger partial charge in [0.05, 0.1) is 0 Å². The van der Waals surface area contributed by atoms with E-state index in [1.165, 1.54) is 19.3 Å². The minimum atomic E-state index is 0.624. The molecule has 3 rings (SSSR count). The molecule has 0 radical (unpaired) electrons. The molecule has 1 aliphatic carbocycles. The average Bonchev–Trinajstić information content (AvgIpc) is 2.46. The van der Waals surface area contributed by atoms with Gasteiger partial charge in [0.2, 0.25) is 0 Å². The summed E-state index contributed by atoms with van der Waals surface area (Å²) in [5.41, 5.74) is 0.940. The molecule has 0 bridgehead atoms. The monoisotopic (exact) mass is 251 g/mol. The summed E-state index contributed by atoms with van der Waals surface area (Å²) in [4.78, 5) is 0. The maximum atomic E-state index is 4.25. The standard InChI is InChI=1S/C10H10BrN3/c11-8-4-5-9-12-13-10(14(9)6-8)7-2-1-3-7/h4-7H,1-3H2. The fourth-order valence-corrected chi connectivity index (χ4v) is 2.16. The van der Waals surface area contributed by atoms with Crippen LogP contribution in [0.25, 0.3) is 5.65 Å². The second kappa shape index (κ2) is 3.05. The number of rotatable bonds is 1. The van der Waals surface area contributed by atoms with E-state index in [1.54, 1.807) is 0 Å². The van der Waals surface area contributed by atoms with Gasteiger partial charge in [-0.25, -0.2) is 0 Å². The lowest BCUT2D eigenvalue weighted by molar-refractivity contribution is 0.399. The zero-order valence-corrected chi connectivity index (χ0v) is 9.24. The fourth-order valence-electron chi connectivity index (χ4n) is 1.83. The largest absolute Gasteiger partial charge is 0.285 e. The number of halogens is 1. The van der Waals surface area contributed by atoms with E-state index in [4.69, 9.17) is 0 Å². The predicted octanol–water partition coefficient (Wildman–Crippen LogP) is 2.76. The highest BCUT2D eigenvalue weighted by atomic mass is 79.9. The van der Waals surface area contributed by atoms with Crippen molar-refractivity contribution in [2.45, 2.75) is 25.2 Å². The highest BCUT2D eigenvalue weighted by Gasteiger charge is 2.24. The molecule has 72 valence electrons. The molecular formula is C10H10BrN3. The second-order valence-electron chi connectivity index (χ2n) is 3.76. The number of fused-ring (bicyclic) bond motifs is 1. The van der Waals surface area contributed by atoms with Gasteiger partial charge in [0.25, 0.3) is 0 Å². The van der Waals surface area contributed by atoms with Gasteiger partial charge < -0.3 is 0 Å². The first-order valence-corrected chi connectivity index (χ1v) is 5.64. The molecule has 1 fully saturated rings. The Balaban J connectivity index is 2.18. The van der Waals surface area contributed by atoms with E-state index >= 15 is 0 Å². The van der Waals surface area contributed by atoms with Crippen LogP contribution in [0.4, 0.5) is 0 Å². The number of aromatic nitrogens is 3. The molecule has 0 aliphatic heterocycles. The van der Waals surface area contributed by atoms with Crippen LogP contribution < -0.4 is 0 Å². The topological polar surface area (TPSA) is 30.2 Å². The van der Waals surface area contributed by atoms with Gasteiger partial charge in [0.15, 0.2) is 5.65 Å². The molecule has 0 unspecified atom stereocenters. The summed E-state index contributed by atoms with van der Waals surface area (Å²) in [6, 6.07) is 3.98. The van der Waals surface area contributed by atoms with Crippen LogP contribution >= 0.6 is 15.9 Å². The van der Waals surface area contributed by atoms with Gasteiger partial charge in [-0.2, -0.15) is 0 Å².